The Kier molecular flexibility index (Phi) is 18.1. The number of nitrogens with two attached hydrogens (primary N) is 5. The van der Waals surface area contributed by atoms with Gasteiger partial charge in [0.1, 0.15) is 18.1 Å². The molecule has 0 aromatic rings. The maximum atomic E-state index is 13.2. The fourth-order valence-corrected chi connectivity index (χ4v) is 3.95. The molecule has 0 aliphatic rings. The van der Waals surface area contributed by atoms with Crippen molar-refractivity contribution in [2.75, 3.05) is 25.1 Å². The van der Waals surface area contributed by atoms with Crippen molar-refractivity contribution in [2.24, 2.45) is 44.6 Å². The molecule has 39 heavy (non-hydrogen) atoms. The highest BCUT2D eigenvalue weighted by Crippen LogP contribution is 2.08. The summed E-state index contributed by atoms with van der Waals surface area (Å²) in [7, 11) is 0. The first kappa shape index (κ1) is 35.7. The third kappa shape index (κ3) is 17.0. The molecule has 0 aromatic carbocycles. The minimum atomic E-state index is -1.23. The third-order valence-electron chi connectivity index (χ3n) is 5.44. The van der Waals surface area contributed by atoms with Crippen molar-refractivity contribution in [3.63, 3.8) is 0 Å². The Labute approximate surface area is 233 Å². The van der Waals surface area contributed by atoms with Crippen LogP contribution in [0.1, 0.15) is 52.4 Å². The molecule has 14 N–H and O–H groups in total. The van der Waals surface area contributed by atoms with Crippen LogP contribution in [0.4, 0.5) is 0 Å². The molecule has 0 spiro atoms. The van der Waals surface area contributed by atoms with E-state index < -0.39 is 47.9 Å². The zero-order valence-corrected chi connectivity index (χ0v) is 23.8. The molecule has 0 rings (SSSR count). The van der Waals surface area contributed by atoms with E-state index in [0.29, 0.717) is 25.0 Å². The number of aliphatic carboxylic acids is 1. The van der Waals surface area contributed by atoms with Crippen molar-refractivity contribution in [1.29, 1.82) is 0 Å². The number of carboxylic acids is 1. The molecule has 0 heterocycles. The van der Waals surface area contributed by atoms with Crippen LogP contribution in [0.15, 0.2) is 9.98 Å². The van der Waals surface area contributed by atoms with Crippen LogP contribution in [-0.4, -0.2) is 90.0 Å². The molecule has 224 valence electrons. The molecule has 16 heteroatoms. The number of nitrogens with zero attached hydrogens (tertiary/aromatic N) is 2. The SMILES string of the molecule is CSCCC(NC(=O)C(CCCN=C(N)N)NC(=O)C(N)CC(C)C)C(=O)NC(CCCN=C(N)N)C(=O)O. The highest BCUT2D eigenvalue weighted by Gasteiger charge is 2.30. The van der Waals surface area contributed by atoms with Crippen molar-refractivity contribution >= 4 is 47.4 Å². The normalized spacial score (nSPS) is 13.9. The van der Waals surface area contributed by atoms with Gasteiger partial charge in [-0.05, 0) is 56.5 Å². The molecule has 0 fully saturated rings. The van der Waals surface area contributed by atoms with Gasteiger partial charge in [-0.2, -0.15) is 11.8 Å². The Bertz CT molecular complexity index is 847. The Morgan fingerprint density at radius 3 is 1.64 bits per heavy atom. The molecule has 0 saturated carbocycles. The molecule has 0 aliphatic carbocycles. The van der Waals surface area contributed by atoms with Gasteiger partial charge in [0, 0.05) is 13.1 Å². The molecule has 0 saturated heterocycles. The van der Waals surface area contributed by atoms with E-state index in [2.05, 4.69) is 25.9 Å². The zero-order chi connectivity index (χ0) is 30.0. The first-order valence-corrected chi connectivity index (χ1v) is 14.2. The van der Waals surface area contributed by atoms with Crippen molar-refractivity contribution < 1.29 is 24.3 Å². The molecule has 0 aromatic heterocycles. The Balaban J connectivity index is 5.56. The predicted octanol–water partition coefficient (Wildman–Crippen LogP) is -2.24. The standard InChI is InChI=1S/C23H46N10O5S/c1-13(2)12-14(24)18(34)31-15(6-4-9-29-22(25)26)19(35)32-16(8-11-39-3)20(36)33-17(21(37)38)7-5-10-30-23(27)28/h13-17H,4-12,24H2,1-3H3,(H,31,34)(H,32,35)(H,33,36)(H,37,38)(H4,25,26,29)(H4,27,28,30). The van der Waals surface area contributed by atoms with Crippen LogP contribution in [0.25, 0.3) is 0 Å². The van der Waals surface area contributed by atoms with Crippen LogP contribution in [0, 0.1) is 5.92 Å². The summed E-state index contributed by atoms with van der Waals surface area (Å²) in [5.74, 6) is -2.52. The Hall–Kier alpha value is -3.27. The molecule has 0 aliphatic heterocycles. The van der Waals surface area contributed by atoms with E-state index in [4.69, 9.17) is 28.7 Å². The largest absolute Gasteiger partial charge is 0.480 e. The van der Waals surface area contributed by atoms with Gasteiger partial charge in [-0.25, -0.2) is 4.79 Å². The summed E-state index contributed by atoms with van der Waals surface area (Å²) in [6, 6.07) is -4.07. The van der Waals surface area contributed by atoms with Gasteiger partial charge < -0.3 is 49.7 Å². The number of carbonyl (C=O) groups is 4. The number of hydrogen-bond donors (Lipinski definition) is 9. The van der Waals surface area contributed by atoms with Crippen LogP contribution in [-0.2, 0) is 19.2 Å². The van der Waals surface area contributed by atoms with Gasteiger partial charge in [-0.15, -0.1) is 0 Å². The molecule has 4 unspecified atom stereocenters. The quantitative estimate of drug-likeness (QED) is 0.0425. The second-order valence-corrected chi connectivity index (χ2v) is 10.4. The Morgan fingerprint density at radius 1 is 0.769 bits per heavy atom. The number of thioether (sulfide) groups is 1. The first-order chi connectivity index (χ1) is 18.3. The lowest BCUT2D eigenvalue weighted by molar-refractivity contribution is -0.142. The molecule has 4 atom stereocenters. The average Bonchev–Trinajstić information content (AvgIpc) is 2.83. The van der Waals surface area contributed by atoms with Gasteiger partial charge in [0.15, 0.2) is 11.9 Å². The highest BCUT2D eigenvalue weighted by molar-refractivity contribution is 7.98. The summed E-state index contributed by atoms with van der Waals surface area (Å²) >= 11 is 1.46. The van der Waals surface area contributed by atoms with Gasteiger partial charge >= 0.3 is 5.97 Å². The molecular formula is C23H46N10O5S. The monoisotopic (exact) mass is 574 g/mol. The zero-order valence-electron chi connectivity index (χ0n) is 23.0. The van der Waals surface area contributed by atoms with E-state index >= 15 is 0 Å². The van der Waals surface area contributed by atoms with E-state index in [9.17, 15) is 24.3 Å². The molecule has 0 bridgehead atoms. The van der Waals surface area contributed by atoms with Crippen LogP contribution < -0.4 is 44.6 Å². The Morgan fingerprint density at radius 2 is 1.21 bits per heavy atom. The van der Waals surface area contributed by atoms with Crippen molar-refractivity contribution in [3.8, 4) is 0 Å². The molecule has 15 nitrogen and oxygen atoms in total. The van der Waals surface area contributed by atoms with Crippen molar-refractivity contribution in [2.45, 2.75) is 76.5 Å². The second-order valence-electron chi connectivity index (χ2n) is 9.44. The van der Waals surface area contributed by atoms with Gasteiger partial charge in [0.2, 0.25) is 17.7 Å². The number of aliphatic imine (C=N–C) groups is 2. The number of carboxylic acid groups (broad SMARTS) is 1. The van der Waals surface area contributed by atoms with Crippen molar-refractivity contribution in [3.05, 3.63) is 0 Å². The van der Waals surface area contributed by atoms with Gasteiger partial charge in [0.05, 0.1) is 6.04 Å². The van der Waals surface area contributed by atoms with Crippen LogP contribution in [0.2, 0.25) is 0 Å². The lowest BCUT2D eigenvalue weighted by Gasteiger charge is -2.25. The fourth-order valence-electron chi connectivity index (χ4n) is 3.48. The topological polar surface area (TPSA) is 279 Å². The van der Waals surface area contributed by atoms with Gasteiger partial charge in [-0.1, -0.05) is 13.8 Å². The van der Waals surface area contributed by atoms with E-state index in [1.165, 1.54) is 11.8 Å². The summed E-state index contributed by atoms with van der Waals surface area (Å²) in [6.07, 6.45) is 3.45. The predicted molar refractivity (Wildman–Crippen MR) is 154 cm³/mol. The number of amides is 3. The second kappa shape index (κ2) is 19.7. The fraction of sp³-hybridized carbons (Fsp3) is 0.739. The smallest absolute Gasteiger partial charge is 0.326 e. The van der Waals surface area contributed by atoms with Gasteiger partial charge in [0.25, 0.3) is 0 Å². The van der Waals surface area contributed by atoms with E-state index in [0.717, 1.165) is 0 Å². The molecule has 3 amide bonds. The minimum Gasteiger partial charge on any atom is -0.480 e. The first-order valence-electron chi connectivity index (χ1n) is 12.8. The summed E-state index contributed by atoms with van der Waals surface area (Å²) in [5.41, 5.74) is 27.2. The molecule has 0 radical (unpaired) electrons. The van der Waals surface area contributed by atoms with E-state index in [-0.39, 0.29) is 50.2 Å². The lowest BCUT2D eigenvalue weighted by Crippen LogP contribution is -2.57. The summed E-state index contributed by atoms with van der Waals surface area (Å²) in [4.78, 5) is 58.3. The number of hydrogen-bond acceptors (Lipinski definition) is 8. The highest BCUT2D eigenvalue weighted by atomic mass is 32.2. The number of rotatable bonds is 20. The third-order valence-corrected chi connectivity index (χ3v) is 6.09. The number of carbonyl (C=O) groups excluding carboxylic acids is 3. The van der Waals surface area contributed by atoms with Crippen molar-refractivity contribution in [1.82, 2.24) is 16.0 Å². The lowest BCUT2D eigenvalue weighted by atomic mass is 10.0. The summed E-state index contributed by atoms with van der Waals surface area (Å²) in [6.45, 7) is 4.28. The van der Waals surface area contributed by atoms with Crippen LogP contribution in [0.5, 0.6) is 0 Å². The van der Waals surface area contributed by atoms with Gasteiger partial charge in [-0.3, -0.25) is 24.4 Å². The summed E-state index contributed by atoms with van der Waals surface area (Å²) in [5, 5.41) is 17.4. The maximum absolute atomic E-state index is 13.2. The van der Waals surface area contributed by atoms with Crippen LogP contribution in [0.3, 0.4) is 0 Å². The van der Waals surface area contributed by atoms with E-state index in [1.54, 1.807) is 0 Å². The van der Waals surface area contributed by atoms with Crippen LogP contribution >= 0.6 is 11.8 Å². The average molecular weight is 575 g/mol. The summed E-state index contributed by atoms with van der Waals surface area (Å²) < 4.78 is 0. The van der Waals surface area contributed by atoms with E-state index in [1.807, 2.05) is 20.1 Å². The molecular weight excluding hydrogens is 528 g/mol. The maximum Gasteiger partial charge on any atom is 0.326 e. The number of guanidine groups is 2. The number of nitrogens with one attached hydrogen (secondary N) is 3. The minimum absolute atomic E-state index is 0.0816.